The van der Waals surface area contributed by atoms with E-state index in [2.05, 4.69) is 41.3 Å². The lowest BCUT2D eigenvalue weighted by atomic mass is 10.1. The summed E-state index contributed by atoms with van der Waals surface area (Å²) in [7, 11) is 3.50. The van der Waals surface area contributed by atoms with Crippen LogP contribution in [0.15, 0.2) is 35.8 Å². The Labute approximate surface area is 138 Å². The molecule has 0 saturated heterocycles. The summed E-state index contributed by atoms with van der Waals surface area (Å²) in [5.74, 6) is 3.81. The Kier molecular flexibility index (Phi) is 9.23. The zero-order chi connectivity index (χ0) is 16.2. The normalized spacial score (nSPS) is 11.1. The van der Waals surface area contributed by atoms with Gasteiger partial charge in [-0.1, -0.05) is 23.8 Å². The van der Waals surface area contributed by atoms with Gasteiger partial charge in [0.1, 0.15) is 5.75 Å². The van der Waals surface area contributed by atoms with E-state index < -0.39 is 0 Å². The van der Waals surface area contributed by atoms with Crippen LogP contribution in [0.2, 0.25) is 0 Å². The van der Waals surface area contributed by atoms with Gasteiger partial charge in [-0.3, -0.25) is 4.99 Å². The molecule has 1 aromatic rings. The molecule has 22 heavy (non-hydrogen) atoms. The Morgan fingerprint density at radius 2 is 2.14 bits per heavy atom. The lowest BCUT2D eigenvalue weighted by Gasteiger charge is -2.13. The molecule has 2 N–H and O–H groups in total. The number of aliphatic imine (C=N–C) groups is 1. The molecule has 0 spiro atoms. The Balaban J connectivity index is 2.35. The summed E-state index contributed by atoms with van der Waals surface area (Å²) in [5.41, 5.74) is 2.46. The number of rotatable bonds is 9. The minimum absolute atomic E-state index is 0.819. The van der Waals surface area contributed by atoms with Crippen LogP contribution >= 0.6 is 11.8 Å². The van der Waals surface area contributed by atoms with Crippen molar-refractivity contribution in [2.45, 2.75) is 13.3 Å². The number of nitrogens with one attached hydrogen (secondary N) is 2. The summed E-state index contributed by atoms with van der Waals surface area (Å²) in [6.07, 6.45) is 2.82. The number of hydrogen-bond acceptors (Lipinski definition) is 3. The first kappa shape index (κ1) is 18.4. The maximum absolute atomic E-state index is 5.40. The molecule has 0 aliphatic rings. The zero-order valence-corrected chi connectivity index (χ0v) is 14.6. The SMILES string of the molecule is C=CCSCCNC(=NC)NCCc1cc(C)ccc1OC. The van der Waals surface area contributed by atoms with Gasteiger partial charge in [-0.05, 0) is 25.0 Å². The van der Waals surface area contributed by atoms with E-state index in [1.165, 1.54) is 11.1 Å². The van der Waals surface area contributed by atoms with Gasteiger partial charge in [0.2, 0.25) is 0 Å². The number of hydrogen-bond donors (Lipinski definition) is 2. The Bertz CT molecular complexity index is 489. The first-order valence-corrected chi connectivity index (χ1v) is 8.63. The monoisotopic (exact) mass is 321 g/mol. The maximum Gasteiger partial charge on any atom is 0.191 e. The van der Waals surface area contributed by atoms with E-state index in [0.717, 1.165) is 42.7 Å². The second-order valence-corrected chi connectivity index (χ2v) is 6.00. The highest BCUT2D eigenvalue weighted by Crippen LogP contribution is 2.19. The summed E-state index contributed by atoms with van der Waals surface area (Å²) in [6, 6.07) is 6.26. The van der Waals surface area contributed by atoms with Crippen molar-refractivity contribution in [3.63, 3.8) is 0 Å². The van der Waals surface area contributed by atoms with Gasteiger partial charge in [0.25, 0.3) is 0 Å². The van der Waals surface area contributed by atoms with Crippen molar-refractivity contribution in [3.8, 4) is 5.75 Å². The first-order valence-electron chi connectivity index (χ1n) is 7.48. The second kappa shape index (κ2) is 11.0. The van der Waals surface area contributed by atoms with Crippen LogP contribution in [0.4, 0.5) is 0 Å². The first-order chi connectivity index (χ1) is 10.7. The van der Waals surface area contributed by atoms with Crippen molar-refractivity contribution in [2.75, 3.05) is 38.8 Å². The van der Waals surface area contributed by atoms with Crippen molar-refractivity contribution < 1.29 is 4.74 Å². The summed E-state index contributed by atoms with van der Waals surface area (Å²) in [4.78, 5) is 4.23. The van der Waals surface area contributed by atoms with Crippen LogP contribution in [0.1, 0.15) is 11.1 Å². The highest BCUT2D eigenvalue weighted by Gasteiger charge is 2.04. The topological polar surface area (TPSA) is 45.7 Å². The molecule has 4 nitrogen and oxygen atoms in total. The van der Waals surface area contributed by atoms with Crippen LogP contribution in [0.3, 0.4) is 0 Å². The minimum Gasteiger partial charge on any atom is -0.496 e. The van der Waals surface area contributed by atoms with Gasteiger partial charge in [0, 0.05) is 31.6 Å². The summed E-state index contributed by atoms with van der Waals surface area (Å²) >= 11 is 1.85. The van der Waals surface area contributed by atoms with Crippen molar-refractivity contribution in [2.24, 2.45) is 4.99 Å². The van der Waals surface area contributed by atoms with E-state index in [9.17, 15) is 0 Å². The Morgan fingerprint density at radius 3 is 2.82 bits per heavy atom. The van der Waals surface area contributed by atoms with E-state index in [1.54, 1.807) is 14.2 Å². The number of ether oxygens (including phenoxy) is 1. The molecule has 0 unspecified atom stereocenters. The number of guanidine groups is 1. The molecule has 0 saturated carbocycles. The fourth-order valence-corrected chi connectivity index (χ4v) is 2.63. The Morgan fingerprint density at radius 1 is 1.36 bits per heavy atom. The minimum atomic E-state index is 0.819. The van der Waals surface area contributed by atoms with Gasteiger partial charge in [-0.25, -0.2) is 0 Å². The number of methoxy groups -OCH3 is 1. The van der Waals surface area contributed by atoms with Gasteiger partial charge < -0.3 is 15.4 Å². The molecule has 1 aromatic carbocycles. The van der Waals surface area contributed by atoms with Crippen molar-refractivity contribution in [1.29, 1.82) is 0 Å². The fourth-order valence-electron chi connectivity index (χ4n) is 2.05. The quantitative estimate of drug-likeness (QED) is 0.318. The van der Waals surface area contributed by atoms with Crippen LogP contribution in [0.25, 0.3) is 0 Å². The van der Waals surface area contributed by atoms with Crippen LogP contribution < -0.4 is 15.4 Å². The van der Waals surface area contributed by atoms with Crippen molar-refractivity contribution in [1.82, 2.24) is 10.6 Å². The van der Waals surface area contributed by atoms with E-state index in [4.69, 9.17) is 4.74 Å². The third kappa shape index (κ3) is 6.89. The summed E-state index contributed by atoms with van der Waals surface area (Å²) in [5, 5.41) is 6.64. The third-order valence-electron chi connectivity index (χ3n) is 3.12. The zero-order valence-electron chi connectivity index (χ0n) is 13.8. The second-order valence-electron chi connectivity index (χ2n) is 4.85. The van der Waals surface area contributed by atoms with E-state index in [-0.39, 0.29) is 0 Å². The molecule has 122 valence electrons. The fraction of sp³-hybridized carbons (Fsp3) is 0.471. The molecule has 1 rings (SSSR count). The van der Waals surface area contributed by atoms with Gasteiger partial charge >= 0.3 is 0 Å². The van der Waals surface area contributed by atoms with Crippen molar-refractivity contribution >= 4 is 17.7 Å². The smallest absolute Gasteiger partial charge is 0.191 e. The average molecular weight is 321 g/mol. The van der Waals surface area contributed by atoms with Crippen LogP contribution in [-0.2, 0) is 6.42 Å². The highest BCUT2D eigenvalue weighted by molar-refractivity contribution is 7.99. The van der Waals surface area contributed by atoms with Gasteiger partial charge in [-0.2, -0.15) is 11.8 Å². The highest BCUT2D eigenvalue weighted by atomic mass is 32.2. The van der Waals surface area contributed by atoms with E-state index in [1.807, 2.05) is 23.9 Å². The summed E-state index contributed by atoms with van der Waals surface area (Å²) in [6.45, 7) is 7.52. The molecule has 0 bridgehead atoms. The van der Waals surface area contributed by atoms with Crippen LogP contribution in [0.5, 0.6) is 5.75 Å². The molecular formula is C17H27N3OS. The number of benzene rings is 1. The van der Waals surface area contributed by atoms with Crippen LogP contribution in [0, 0.1) is 6.92 Å². The molecule has 0 atom stereocenters. The lowest BCUT2D eigenvalue weighted by molar-refractivity contribution is 0.409. The largest absolute Gasteiger partial charge is 0.496 e. The molecule has 0 fully saturated rings. The van der Waals surface area contributed by atoms with Crippen LogP contribution in [-0.4, -0.2) is 44.7 Å². The predicted octanol–water partition coefficient (Wildman–Crippen LogP) is 2.63. The summed E-state index contributed by atoms with van der Waals surface area (Å²) < 4.78 is 5.40. The molecular weight excluding hydrogens is 294 g/mol. The molecule has 5 heteroatoms. The number of thioether (sulfide) groups is 1. The van der Waals surface area contributed by atoms with Gasteiger partial charge in [0.05, 0.1) is 7.11 Å². The molecule has 0 radical (unpaired) electrons. The van der Waals surface area contributed by atoms with Gasteiger partial charge in [-0.15, -0.1) is 6.58 Å². The van der Waals surface area contributed by atoms with E-state index in [0.29, 0.717) is 0 Å². The molecule has 0 aliphatic carbocycles. The molecule has 0 aromatic heterocycles. The molecule has 0 amide bonds. The van der Waals surface area contributed by atoms with Crippen molar-refractivity contribution in [3.05, 3.63) is 42.0 Å². The number of nitrogens with zero attached hydrogens (tertiary/aromatic N) is 1. The predicted molar refractivity (Wildman–Crippen MR) is 98.3 cm³/mol. The maximum atomic E-state index is 5.40. The number of aryl methyl sites for hydroxylation is 1. The lowest BCUT2D eigenvalue weighted by Crippen LogP contribution is -2.39. The standard InChI is InChI=1S/C17H27N3OS/c1-5-11-22-12-10-20-17(18-3)19-9-8-15-13-14(2)6-7-16(15)21-4/h5-7,13H,1,8-12H2,2-4H3,(H2,18,19,20). The third-order valence-corrected chi connectivity index (χ3v) is 4.09. The molecule has 0 aliphatic heterocycles. The van der Waals surface area contributed by atoms with E-state index >= 15 is 0 Å². The molecule has 0 heterocycles. The van der Waals surface area contributed by atoms with Gasteiger partial charge in [0.15, 0.2) is 5.96 Å². The Hall–Kier alpha value is -1.62. The average Bonchev–Trinajstić information content (AvgIpc) is 2.53.